The number of likely N-dealkylation sites (N-methyl/N-ethyl adjacent to an activating group) is 1. The largest absolute Gasteiger partial charge is 0.399 e. The van der Waals surface area contributed by atoms with Crippen molar-refractivity contribution in [1.29, 1.82) is 0 Å². The van der Waals surface area contributed by atoms with Gasteiger partial charge in [0.05, 0.1) is 17.1 Å². The summed E-state index contributed by atoms with van der Waals surface area (Å²) in [5, 5.41) is 0. The Balaban J connectivity index is 1.80. The van der Waals surface area contributed by atoms with Crippen molar-refractivity contribution in [2.75, 3.05) is 30.8 Å². The number of ether oxygens (including phenoxy) is 1. The fraction of sp³-hybridized carbons (Fsp3) is 0.462. The molecule has 3 N–H and O–H groups in total. The van der Waals surface area contributed by atoms with Crippen molar-refractivity contribution in [3.8, 4) is 0 Å². The molecule has 2 aromatic rings. The van der Waals surface area contributed by atoms with Crippen LogP contribution in [0.3, 0.4) is 0 Å². The fourth-order valence-corrected chi connectivity index (χ4v) is 2.37. The van der Waals surface area contributed by atoms with Crippen molar-refractivity contribution >= 4 is 22.7 Å². The summed E-state index contributed by atoms with van der Waals surface area (Å²) in [6, 6.07) is 5.71. The van der Waals surface area contributed by atoms with Crippen molar-refractivity contribution in [3.63, 3.8) is 0 Å². The number of anilines is 2. The highest BCUT2D eigenvalue weighted by molar-refractivity contribution is 5.80. The van der Waals surface area contributed by atoms with Crippen LogP contribution in [0.5, 0.6) is 0 Å². The van der Waals surface area contributed by atoms with Gasteiger partial charge in [0.25, 0.3) is 0 Å². The van der Waals surface area contributed by atoms with Gasteiger partial charge in [-0.3, -0.25) is 0 Å². The van der Waals surface area contributed by atoms with Gasteiger partial charge in [-0.25, -0.2) is 4.98 Å². The molecule has 1 saturated heterocycles. The lowest BCUT2D eigenvalue weighted by atomic mass is 10.2. The van der Waals surface area contributed by atoms with Gasteiger partial charge in [0.1, 0.15) is 0 Å². The van der Waals surface area contributed by atoms with Gasteiger partial charge in [-0.2, -0.15) is 0 Å². The molecule has 1 aromatic heterocycles. The van der Waals surface area contributed by atoms with Crippen molar-refractivity contribution < 1.29 is 4.74 Å². The van der Waals surface area contributed by atoms with Crippen molar-refractivity contribution in [1.82, 2.24) is 9.97 Å². The van der Waals surface area contributed by atoms with Crippen LogP contribution in [0.15, 0.2) is 18.2 Å². The van der Waals surface area contributed by atoms with E-state index >= 15 is 0 Å². The second kappa shape index (κ2) is 4.49. The number of aromatic nitrogens is 2. The summed E-state index contributed by atoms with van der Waals surface area (Å²) in [6.07, 6.45) is 2.63. The lowest BCUT2D eigenvalue weighted by Crippen LogP contribution is -2.29. The van der Waals surface area contributed by atoms with E-state index in [4.69, 9.17) is 10.5 Å². The summed E-state index contributed by atoms with van der Waals surface area (Å²) in [7, 11) is 2.03. The Hall–Kier alpha value is -1.75. The van der Waals surface area contributed by atoms with Crippen LogP contribution < -0.4 is 10.6 Å². The summed E-state index contributed by atoms with van der Waals surface area (Å²) in [5.41, 5.74) is 8.43. The smallest absolute Gasteiger partial charge is 0.203 e. The van der Waals surface area contributed by atoms with E-state index in [1.807, 2.05) is 25.2 Å². The zero-order chi connectivity index (χ0) is 12.5. The Morgan fingerprint density at radius 1 is 1.56 bits per heavy atom. The number of nitrogen functional groups attached to an aromatic ring is 1. The normalized spacial score (nSPS) is 19.5. The van der Waals surface area contributed by atoms with Crippen molar-refractivity contribution in [3.05, 3.63) is 18.2 Å². The van der Waals surface area contributed by atoms with E-state index < -0.39 is 0 Å². The number of imidazole rings is 1. The molecule has 96 valence electrons. The first-order valence-electron chi connectivity index (χ1n) is 6.30. The maximum atomic E-state index is 5.76. The number of nitrogens with two attached hydrogens (primary N) is 1. The third kappa shape index (κ3) is 2.13. The van der Waals surface area contributed by atoms with E-state index in [2.05, 4.69) is 14.9 Å². The van der Waals surface area contributed by atoms with Crippen LogP contribution in [0.25, 0.3) is 11.0 Å². The number of nitrogens with zero attached hydrogens (tertiary/aromatic N) is 2. The molecule has 2 heterocycles. The highest BCUT2D eigenvalue weighted by Crippen LogP contribution is 2.20. The van der Waals surface area contributed by atoms with E-state index in [-0.39, 0.29) is 0 Å². The molecule has 1 fully saturated rings. The third-order valence-corrected chi connectivity index (χ3v) is 3.36. The lowest BCUT2D eigenvalue weighted by Gasteiger charge is -2.19. The highest BCUT2D eigenvalue weighted by Gasteiger charge is 2.18. The zero-order valence-electron chi connectivity index (χ0n) is 10.5. The van der Waals surface area contributed by atoms with Crippen LogP contribution in [-0.4, -0.2) is 36.3 Å². The Morgan fingerprint density at radius 2 is 2.44 bits per heavy atom. The SMILES string of the molecule is CN(CC1CCCO1)c1nc2ccc(N)cc2[nH]1. The molecule has 3 rings (SSSR count). The standard InChI is InChI=1S/C13H18N4O/c1-17(8-10-3-2-6-18-10)13-15-11-5-4-9(14)7-12(11)16-13/h4-5,7,10H,2-3,6,8,14H2,1H3,(H,15,16). The molecular formula is C13H18N4O. The van der Waals surface area contributed by atoms with Crippen LogP contribution >= 0.6 is 0 Å². The number of H-pyrrole nitrogens is 1. The van der Waals surface area contributed by atoms with E-state index in [1.165, 1.54) is 0 Å². The molecule has 0 aliphatic carbocycles. The molecule has 0 radical (unpaired) electrons. The van der Waals surface area contributed by atoms with Crippen LogP contribution in [0.1, 0.15) is 12.8 Å². The van der Waals surface area contributed by atoms with E-state index in [0.717, 1.165) is 48.7 Å². The van der Waals surface area contributed by atoms with Gasteiger partial charge >= 0.3 is 0 Å². The molecule has 1 aromatic carbocycles. The molecule has 1 atom stereocenters. The van der Waals surface area contributed by atoms with E-state index in [9.17, 15) is 0 Å². The van der Waals surface area contributed by atoms with Gasteiger partial charge in [-0.05, 0) is 31.0 Å². The summed E-state index contributed by atoms with van der Waals surface area (Å²) < 4.78 is 5.63. The molecule has 18 heavy (non-hydrogen) atoms. The summed E-state index contributed by atoms with van der Waals surface area (Å²) in [5.74, 6) is 0.867. The Labute approximate surface area is 106 Å². The quantitative estimate of drug-likeness (QED) is 0.810. The first-order chi connectivity index (χ1) is 8.72. The maximum absolute atomic E-state index is 5.76. The lowest BCUT2D eigenvalue weighted by molar-refractivity contribution is 0.116. The second-order valence-electron chi connectivity index (χ2n) is 4.85. The Bertz CT molecular complexity index is 545. The average Bonchev–Trinajstić information content (AvgIpc) is 2.96. The third-order valence-electron chi connectivity index (χ3n) is 3.36. The highest BCUT2D eigenvalue weighted by atomic mass is 16.5. The number of fused-ring (bicyclic) bond motifs is 1. The van der Waals surface area contributed by atoms with Gasteiger partial charge < -0.3 is 20.4 Å². The molecule has 1 aliphatic rings. The predicted molar refractivity (Wildman–Crippen MR) is 72.8 cm³/mol. The van der Waals surface area contributed by atoms with Crippen molar-refractivity contribution in [2.45, 2.75) is 18.9 Å². The summed E-state index contributed by atoms with van der Waals surface area (Å²) in [4.78, 5) is 9.95. The Morgan fingerprint density at radius 3 is 3.22 bits per heavy atom. The first kappa shape index (κ1) is 11.3. The van der Waals surface area contributed by atoms with Crippen LogP contribution in [0.2, 0.25) is 0 Å². The van der Waals surface area contributed by atoms with Crippen LogP contribution in [0.4, 0.5) is 11.6 Å². The van der Waals surface area contributed by atoms with Crippen molar-refractivity contribution in [2.24, 2.45) is 0 Å². The number of aromatic amines is 1. The van der Waals surface area contributed by atoms with Gasteiger partial charge in [0.2, 0.25) is 5.95 Å². The van der Waals surface area contributed by atoms with Gasteiger partial charge in [-0.15, -0.1) is 0 Å². The minimum atomic E-state index is 0.327. The van der Waals surface area contributed by atoms with E-state index in [1.54, 1.807) is 0 Å². The summed E-state index contributed by atoms with van der Waals surface area (Å²) >= 11 is 0. The minimum Gasteiger partial charge on any atom is -0.399 e. The topological polar surface area (TPSA) is 67.2 Å². The molecule has 1 unspecified atom stereocenters. The Kier molecular flexibility index (Phi) is 2.83. The monoisotopic (exact) mass is 246 g/mol. The van der Waals surface area contributed by atoms with Gasteiger partial charge in [0, 0.05) is 25.9 Å². The number of hydrogen-bond donors (Lipinski definition) is 2. The zero-order valence-corrected chi connectivity index (χ0v) is 10.5. The number of rotatable bonds is 3. The molecule has 1 aliphatic heterocycles. The average molecular weight is 246 g/mol. The maximum Gasteiger partial charge on any atom is 0.203 e. The minimum absolute atomic E-state index is 0.327. The molecule has 0 saturated carbocycles. The number of benzene rings is 1. The number of hydrogen-bond acceptors (Lipinski definition) is 4. The second-order valence-corrected chi connectivity index (χ2v) is 4.85. The summed E-state index contributed by atoms with van der Waals surface area (Å²) in [6.45, 7) is 1.75. The van der Waals surface area contributed by atoms with Crippen LogP contribution in [0, 0.1) is 0 Å². The fourth-order valence-electron chi connectivity index (χ4n) is 2.37. The molecule has 5 nitrogen and oxygen atoms in total. The molecule has 5 heteroatoms. The van der Waals surface area contributed by atoms with Crippen LogP contribution in [-0.2, 0) is 4.74 Å². The molecule has 0 bridgehead atoms. The molecular weight excluding hydrogens is 228 g/mol. The first-order valence-corrected chi connectivity index (χ1v) is 6.30. The van der Waals surface area contributed by atoms with Gasteiger partial charge in [0.15, 0.2) is 0 Å². The molecule has 0 spiro atoms. The van der Waals surface area contributed by atoms with Gasteiger partial charge in [-0.1, -0.05) is 0 Å². The molecule has 0 amide bonds. The predicted octanol–water partition coefficient (Wildman–Crippen LogP) is 1.76. The van der Waals surface area contributed by atoms with E-state index in [0.29, 0.717) is 6.10 Å². The number of nitrogens with one attached hydrogen (secondary N) is 1.